The SMILES string of the molecule is O=C1c2cnc(Nc3ccc(N4CCNCC4)cc3)nc2OCN1Cc1ccccc1. The zero-order chi connectivity index (χ0) is 21.0. The van der Waals surface area contributed by atoms with Gasteiger partial charge in [-0.25, -0.2) is 4.98 Å². The van der Waals surface area contributed by atoms with E-state index in [9.17, 15) is 4.79 Å². The number of carbonyl (C=O) groups excluding carboxylic acids is 1. The largest absolute Gasteiger partial charge is 0.455 e. The van der Waals surface area contributed by atoms with E-state index in [-0.39, 0.29) is 12.6 Å². The molecule has 2 aliphatic rings. The predicted octanol–water partition coefficient (Wildman–Crippen LogP) is 2.62. The van der Waals surface area contributed by atoms with Gasteiger partial charge in [0.15, 0.2) is 6.73 Å². The van der Waals surface area contributed by atoms with E-state index in [1.807, 2.05) is 42.5 Å². The normalized spacial score (nSPS) is 15.9. The number of benzene rings is 2. The zero-order valence-electron chi connectivity index (χ0n) is 17.1. The molecular weight excluding hydrogens is 392 g/mol. The minimum absolute atomic E-state index is 0.128. The highest BCUT2D eigenvalue weighted by Crippen LogP contribution is 2.26. The molecule has 0 aliphatic carbocycles. The first kappa shape index (κ1) is 19.3. The van der Waals surface area contributed by atoms with E-state index >= 15 is 0 Å². The number of aromatic nitrogens is 2. The maximum absolute atomic E-state index is 12.8. The Morgan fingerprint density at radius 2 is 1.81 bits per heavy atom. The number of nitrogens with one attached hydrogen (secondary N) is 2. The highest BCUT2D eigenvalue weighted by atomic mass is 16.5. The summed E-state index contributed by atoms with van der Waals surface area (Å²) in [6, 6.07) is 18.0. The lowest BCUT2D eigenvalue weighted by Crippen LogP contribution is -2.43. The molecule has 158 valence electrons. The summed E-state index contributed by atoms with van der Waals surface area (Å²) >= 11 is 0. The second kappa shape index (κ2) is 8.61. The molecule has 2 aliphatic heterocycles. The van der Waals surface area contributed by atoms with Crippen LogP contribution in [-0.4, -0.2) is 53.7 Å². The second-order valence-corrected chi connectivity index (χ2v) is 7.58. The first-order valence-electron chi connectivity index (χ1n) is 10.4. The number of hydrogen-bond donors (Lipinski definition) is 2. The number of ether oxygens (including phenoxy) is 1. The van der Waals surface area contributed by atoms with Crippen molar-refractivity contribution in [1.82, 2.24) is 20.2 Å². The highest BCUT2D eigenvalue weighted by molar-refractivity contribution is 5.97. The number of anilines is 3. The van der Waals surface area contributed by atoms with E-state index in [0.29, 0.717) is 23.9 Å². The van der Waals surface area contributed by atoms with Crippen molar-refractivity contribution in [2.75, 3.05) is 43.1 Å². The van der Waals surface area contributed by atoms with Crippen LogP contribution in [0.5, 0.6) is 5.88 Å². The van der Waals surface area contributed by atoms with E-state index in [4.69, 9.17) is 4.74 Å². The number of hydrogen-bond acceptors (Lipinski definition) is 7. The van der Waals surface area contributed by atoms with Gasteiger partial charge in [0.25, 0.3) is 5.91 Å². The molecule has 1 saturated heterocycles. The summed E-state index contributed by atoms with van der Waals surface area (Å²) in [5.74, 6) is 0.583. The first-order chi connectivity index (χ1) is 15.3. The summed E-state index contributed by atoms with van der Waals surface area (Å²) in [5.41, 5.74) is 3.51. The molecule has 1 fully saturated rings. The van der Waals surface area contributed by atoms with Crippen LogP contribution in [0.3, 0.4) is 0 Å². The van der Waals surface area contributed by atoms with Gasteiger partial charge in [0.2, 0.25) is 11.8 Å². The second-order valence-electron chi connectivity index (χ2n) is 7.58. The van der Waals surface area contributed by atoms with Gasteiger partial charge in [-0.05, 0) is 29.8 Å². The van der Waals surface area contributed by atoms with E-state index in [1.165, 1.54) is 11.9 Å². The van der Waals surface area contributed by atoms with Crippen molar-refractivity contribution in [1.29, 1.82) is 0 Å². The molecule has 2 aromatic carbocycles. The molecule has 0 bridgehead atoms. The number of piperazine rings is 1. The summed E-state index contributed by atoms with van der Waals surface area (Å²) in [5, 5.41) is 6.55. The predicted molar refractivity (Wildman–Crippen MR) is 119 cm³/mol. The summed E-state index contributed by atoms with van der Waals surface area (Å²) in [6.07, 6.45) is 1.53. The Kier molecular flexibility index (Phi) is 5.37. The van der Waals surface area contributed by atoms with Crippen LogP contribution < -0.4 is 20.3 Å². The Labute approximate surface area is 180 Å². The molecule has 0 radical (unpaired) electrons. The average Bonchev–Trinajstić information content (AvgIpc) is 2.83. The molecule has 31 heavy (non-hydrogen) atoms. The Morgan fingerprint density at radius 3 is 2.58 bits per heavy atom. The van der Waals surface area contributed by atoms with Crippen LogP contribution in [0.4, 0.5) is 17.3 Å². The van der Waals surface area contributed by atoms with Gasteiger partial charge in [0, 0.05) is 50.3 Å². The fourth-order valence-electron chi connectivity index (χ4n) is 3.78. The van der Waals surface area contributed by atoms with Crippen molar-refractivity contribution in [2.24, 2.45) is 0 Å². The molecular formula is C23H24N6O2. The van der Waals surface area contributed by atoms with Gasteiger partial charge in [0.05, 0.1) is 0 Å². The third-order valence-electron chi connectivity index (χ3n) is 5.45. The van der Waals surface area contributed by atoms with Crippen LogP contribution in [0.25, 0.3) is 0 Å². The number of amides is 1. The number of fused-ring (bicyclic) bond motifs is 1. The van der Waals surface area contributed by atoms with Gasteiger partial charge in [-0.1, -0.05) is 30.3 Å². The van der Waals surface area contributed by atoms with Crippen molar-refractivity contribution >= 4 is 23.2 Å². The van der Waals surface area contributed by atoms with Crippen LogP contribution in [-0.2, 0) is 6.54 Å². The van der Waals surface area contributed by atoms with E-state index in [0.717, 1.165) is 37.4 Å². The van der Waals surface area contributed by atoms with Crippen LogP contribution in [0.15, 0.2) is 60.8 Å². The molecule has 1 amide bonds. The Bertz CT molecular complexity index is 1050. The van der Waals surface area contributed by atoms with E-state index < -0.39 is 0 Å². The van der Waals surface area contributed by atoms with Gasteiger partial charge >= 0.3 is 0 Å². The van der Waals surface area contributed by atoms with Crippen molar-refractivity contribution in [3.63, 3.8) is 0 Å². The van der Waals surface area contributed by atoms with Crippen molar-refractivity contribution < 1.29 is 9.53 Å². The Hall–Kier alpha value is -3.65. The molecule has 8 heteroatoms. The molecule has 3 aromatic rings. The average molecular weight is 416 g/mol. The standard InChI is InChI=1S/C23H24N6O2/c30-22-20-14-25-23(26-18-6-8-19(9-7-18)28-12-10-24-11-13-28)27-21(20)31-16-29(22)15-17-4-2-1-3-5-17/h1-9,14,24H,10-13,15-16H2,(H,25,26,27). The maximum Gasteiger partial charge on any atom is 0.263 e. The minimum Gasteiger partial charge on any atom is -0.455 e. The first-order valence-corrected chi connectivity index (χ1v) is 10.4. The topological polar surface area (TPSA) is 82.6 Å². The molecule has 8 nitrogen and oxygen atoms in total. The monoisotopic (exact) mass is 416 g/mol. The van der Waals surface area contributed by atoms with Gasteiger partial charge < -0.3 is 25.2 Å². The fourth-order valence-corrected chi connectivity index (χ4v) is 3.78. The van der Waals surface area contributed by atoms with Crippen molar-refractivity contribution in [3.8, 4) is 5.88 Å². The summed E-state index contributed by atoms with van der Waals surface area (Å²) in [7, 11) is 0. The number of nitrogens with zero attached hydrogens (tertiary/aromatic N) is 4. The molecule has 0 unspecified atom stereocenters. The van der Waals surface area contributed by atoms with Crippen molar-refractivity contribution in [3.05, 3.63) is 71.9 Å². The Morgan fingerprint density at radius 1 is 1.03 bits per heavy atom. The molecule has 1 aromatic heterocycles. The molecule has 0 spiro atoms. The summed E-state index contributed by atoms with van der Waals surface area (Å²) < 4.78 is 5.76. The summed E-state index contributed by atoms with van der Waals surface area (Å²) in [4.78, 5) is 25.5. The quantitative estimate of drug-likeness (QED) is 0.662. The van der Waals surface area contributed by atoms with Crippen LogP contribution >= 0.6 is 0 Å². The highest BCUT2D eigenvalue weighted by Gasteiger charge is 2.27. The Balaban J connectivity index is 1.26. The fraction of sp³-hybridized carbons (Fsp3) is 0.261. The van der Waals surface area contributed by atoms with E-state index in [2.05, 4.69) is 37.6 Å². The lowest BCUT2D eigenvalue weighted by atomic mass is 10.2. The molecule has 2 N–H and O–H groups in total. The van der Waals surface area contributed by atoms with Gasteiger partial charge in [-0.3, -0.25) is 4.79 Å². The third-order valence-corrected chi connectivity index (χ3v) is 5.45. The number of rotatable bonds is 5. The molecule has 5 rings (SSSR count). The van der Waals surface area contributed by atoms with Gasteiger partial charge in [-0.15, -0.1) is 0 Å². The van der Waals surface area contributed by atoms with Crippen LogP contribution in [0.1, 0.15) is 15.9 Å². The lowest BCUT2D eigenvalue weighted by Gasteiger charge is -2.29. The number of carbonyl (C=O) groups is 1. The third kappa shape index (κ3) is 4.29. The maximum atomic E-state index is 12.8. The molecule has 3 heterocycles. The van der Waals surface area contributed by atoms with Crippen LogP contribution in [0.2, 0.25) is 0 Å². The van der Waals surface area contributed by atoms with E-state index in [1.54, 1.807) is 4.90 Å². The minimum atomic E-state index is -0.128. The van der Waals surface area contributed by atoms with Crippen molar-refractivity contribution in [2.45, 2.75) is 6.54 Å². The lowest BCUT2D eigenvalue weighted by molar-refractivity contribution is 0.0484. The molecule has 0 saturated carbocycles. The van der Waals surface area contributed by atoms with Gasteiger partial charge in [0.1, 0.15) is 5.56 Å². The smallest absolute Gasteiger partial charge is 0.263 e. The molecule has 0 atom stereocenters. The van der Waals surface area contributed by atoms with Crippen LogP contribution in [0, 0.1) is 0 Å². The zero-order valence-corrected chi connectivity index (χ0v) is 17.1. The van der Waals surface area contributed by atoms with Gasteiger partial charge in [-0.2, -0.15) is 4.98 Å². The summed E-state index contributed by atoms with van der Waals surface area (Å²) in [6.45, 7) is 4.67.